The Labute approximate surface area is 201 Å². The Hall–Kier alpha value is -3.85. The highest BCUT2D eigenvalue weighted by atomic mass is 32.1. The number of carboxylic acids is 1. The number of carboxylic acid groups (broad SMARTS) is 1. The van der Waals surface area contributed by atoms with Gasteiger partial charge in [0.05, 0.1) is 12.1 Å². The normalized spacial score (nSPS) is 11.4. The van der Waals surface area contributed by atoms with Crippen LogP contribution in [-0.4, -0.2) is 29.4 Å². The van der Waals surface area contributed by atoms with E-state index in [-0.39, 0.29) is 30.7 Å². The summed E-state index contributed by atoms with van der Waals surface area (Å²) in [5.74, 6) is -1.47. The van der Waals surface area contributed by atoms with Gasteiger partial charge in [0.2, 0.25) is 5.91 Å². The Balaban J connectivity index is 1.92. The average Bonchev–Trinajstić information content (AvgIpc) is 3.33. The number of aryl methyl sites for hydroxylation is 1. The second kappa shape index (κ2) is 11.9. The molecular formula is C25H26N2O6S. The molecule has 178 valence electrons. The van der Waals surface area contributed by atoms with Gasteiger partial charge >= 0.3 is 5.97 Å². The third-order valence-corrected chi connectivity index (χ3v) is 5.76. The summed E-state index contributed by atoms with van der Waals surface area (Å²) in [5.41, 5.74) is 8.09. The largest absolute Gasteiger partial charge is 0.489 e. The van der Waals surface area contributed by atoms with E-state index in [0.717, 1.165) is 16.7 Å². The third-order valence-electron chi connectivity index (χ3n) is 5.03. The second-order valence-corrected chi connectivity index (χ2v) is 8.40. The first-order chi connectivity index (χ1) is 16.3. The van der Waals surface area contributed by atoms with Crippen LogP contribution in [0, 0.1) is 6.92 Å². The van der Waals surface area contributed by atoms with E-state index in [1.165, 1.54) is 0 Å². The number of hydrogen-bond donors (Lipinski definition) is 3. The number of thiophene rings is 1. The van der Waals surface area contributed by atoms with Crippen LogP contribution in [0.1, 0.15) is 46.0 Å². The lowest BCUT2D eigenvalue weighted by atomic mass is 9.99. The van der Waals surface area contributed by atoms with Crippen LogP contribution >= 0.6 is 11.3 Å². The van der Waals surface area contributed by atoms with Crippen molar-refractivity contribution in [1.29, 1.82) is 0 Å². The Kier molecular flexibility index (Phi) is 8.64. The molecular weight excluding hydrogens is 456 g/mol. The third kappa shape index (κ3) is 7.08. The Morgan fingerprint density at radius 3 is 2.62 bits per heavy atom. The molecule has 8 nitrogen and oxygen atoms in total. The number of hydrogen-bond acceptors (Lipinski definition) is 6. The molecule has 3 aromatic rings. The molecule has 2 amide bonds. The van der Waals surface area contributed by atoms with E-state index in [1.54, 1.807) is 29.5 Å². The van der Waals surface area contributed by atoms with Crippen molar-refractivity contribution < 1.29 is 29.0 Å². The number of nitrogens with two attached hydrogens (primary N) is 1. The Morgan fingerprint density at radius 2 is 1.94 bits per heavy atom. The van der Waals surface area contributed by atoms with Gasteiger partial charge in [-0.05, 0) is 59.0 Å². The van der Waals surface area contributed by atoms with Crippen molar-refractivity contribution >= 4 is 29.1 Å². The molecule has 34 heavy (non-hydrogen) atoms. The lowest BCUT2D eigenvalue weighted by molar-refractivity contribution is -0.137. The highest BCUT2D eigenvalue weighted by molar-refractivity contribution is 7.07. The SMILES string of the molecule is Cc1ccccc1C(CCC(=O)O)Oc1cc(OCc2ccsc2)ccc1C(=O)NCC(N)=O. The van der Waals surface area contributed by atoms with E-state index in [2.05, 4.69) is 5.32 Å². The van der Waals surface area contributed by atoms with E-state index in [4.69, 9.17) is 15.2 Å². The lowest BCUT2D eigenvalue weighted by Gasteiger charge is -2.23. The number of carbonyl (C=O) groups is 3. The number of aliphatic carboxylic acids is 1. The van der Waals surface area contributed by atoms with Crippen LogP contribution in [0.25, 0.3) is 0 Å². The highest BCUT2D eigenvalue weighted by Crippen LogP contribution is 2.33. The van der Waals surface area contributed by atoms with E-state index in [9.17, 15) is 19.5 Å². The van der Waals surface area contributed by atoms with Gasteiger partial charge in [0.15, 0.2) is 0 Å². The maximum Gasteiger partial charge on any atom is 0.303 e. The number of primary amides is 1. The summed E-state index contributed by atoms with van der Waals surface area (Å²) in [6, 6.07) is 14.2. The maximum absolute atomic E-state index is 12.7. The van der Waals surface area contributed by atoms with Crippen molar-refractivity contribution in [2.45, 2.75) is 32.5 Å². The van der Waals surface area contributed by atoms with Crippen molar-refractivity contribution in [3.8, 4) is 11.5 Å². The van der Waals surface area contributed by atoms with Gasteiger partial charge in [0.25, 0.3) is 5.91 Å². The van der Waals surface area contributed by atoms with Crippen molar-refractivity contribution in [2.24, 2.45) is 5.73 Å². The highest BCUT2D eigenvalue weighted by Gasteiger charge is 2.22. The molecule has 1 heterocycles. The summed E-state index contributed by atoms with van der Waals surface area (Å²) < 4.78 is 12.1. The van der Waals surface area contributed by atoms with Gasteiger partial charge in [-0.15, -0.1) is 0 Å². The van der Waals surface area contributed by atoms with E-state index in [0.29, 0.717) is 12.4 Å². The van der Waals surface area contributed by atoms with Crippen LogP contribution in [0.5, 0.6) is 11.5 Å². The number of amides is 2. The monoisotopic (exact) mass is 482 g/mol. The van der Waals surface area contributed by atoms with Crippen molar-refractivity contribution in [2.75, 3.05) is 6.54 Å². The molecule has 3 rings (SSSR count). The fraction of sp³-hybridized carbons (Fsp3) is 0.240. The number of ether oxygens (including phenoxy) is 2. The van der Waals surface area contributed by atoms with Gasteiger partial charge in [-0.25, -0.2) is 0 Å². The van der Waals surface area contributed by atoms with Gasteiger partial charge in [-0.1, -0.05) is 24.3 Å². The molecule has 2 aromatic carbocycles. The van der Waals surface area contributed by atoms with Crippen LogP contribution in [0.15, 0.2) is 59.3 Å². The first-order valence-electron chi connectivity index (χ1n) is 10.6. The predicted molar refractivity (Wildman–Crippen MR) is 128 cm³/mol. The molecule has 1 atom stereocenters. The number of carbonyl (C=O) groups excluding carboxylic acids is 2. The van der Waals surface area contributed by atoms with Gasteiger partial charge < -0.3 is 25.6 Å². The Bertz CT molecular complexity index is 1150. The van der Waals surface area contributed by atoms with Crippen molar-refractivity contribution in [1.82, 2.24) is 5.32 Å². The van der Waals surface area contributed by atoms with Crippen molar-refractivity contribution in [3.05, 3.63) is 81.5 Å². The Morgan fingerprint density at radius 1 is 1.15 bits per heavy atom. The van der Waals surface area contributed by atoms with Crippen LogP contribution in [0.4, 0.5) is 0 Å². The predicted octanol–water partition coefficient (Wildman–Crippen LogP) is 3.84. The number of benzene rings is 2. The molecule has 0 saturated heterocycles. The maximum atomic E-state index is 12.7. The smallest absolute Gasteiger partial charge is 0.303 e. The van der Waals surface area contributed by atoms with Crippen LogP contribution < -0.4 is 20.5 Å². The molecule has 0 spiro atoms. The zero-order valence-corrected chi connectivity index (χ0v) is 19.5. The first-order valence-corrected chi connectivity index (χ1v) is 11.6. The molecule has 0 saturated carbocycles. The van der Waals surface area contributed by atoms with E-state index < -0.39 is 23.9 Å². The van der Waals surface area contributed by atoms with Gasteiger partial charge in [-0.3, -0.25) is 14.4 Å². The number of nitrogens with one attached hydrogen (secondary N) is 1. The zero-order chi connectivity index (χ0) is 24.5. The van der Waals surface area contributed by atoms with Gasteiger partial charge in [-0.2, -0.15) is 11.3 Å². The standard InChI is InChI=1S/C25H26N2O6S/c1-16-4-2-3-5-19(16)21(8-9-24(29)30)33-22-12-18(32-14-17-10-11-34-15-17)6-7-20(22)25(31)27-13-23(26)28/h2-7,10-12,15,21H,8-9,13-14H2,1H3,(H2,26,28)(H,27,31)(H,29,30). The summed E-state index contributed by atoms with van der Waals surface area (Å²) in [6.07, 6.45) is -0.536. The lowest BCUT2D eigenvalue weighted by Crippen LogP contribution is -2.33. The van der Waals surface area contributed by atoms with Crippen LogP contribution in [0.3, 0.4) is 0 Å². The van der Waals surface area contributed by atoms with Gasteiger partial charge in [0, 0.05) is 12.5 Å². The van der Waals surface area contributed by atoms with E-state index >= 15 is 0 Å². The number of rotatable bonds is 12. The quantitative estimate of drug-likeness (QED) is 0.360. The summed E-state index contributed by atoms with van der Waals surface area (Å²) in [4.78, 5) is 35.1. The molecule has 0 aliphatic carbocycles. The summed E-state index contributed by atoms with van der Waals surface area (Å²) >= 11 is 1.56. The summed E-state index contributed by atoms with van der Waals surface area (Å²) in [7, 11) is 0. The minimum Gasteiger partial charge on any atom is -0.489 e. The average molecular weight is 483 g/mol. The summed E-state index contributed by atoms with van der Waals surface area (Å²) in [6.45, 7) is 1.93. The molecule has 9 heteroatoms. The first kappa shape index (κ1) is 24.8. The fourth-order valence-corrected chi connectivity index (χ4v) is 3.97. The minimum atomic E-state index is -0.950. The molecule has 1 aromatic heterocycles. The molecule has 0 bridgehead atoms. The summed E-state index contributed by atoms with van der Waals surface area (Å²) in [5, 5.41) is 15.6. The second-order valence-electron chi connectivity index (χ2n) is 7.62. The minimum absolute atomic E-state index is 0.115. The van der Waals surface area contributed by atoms with Crippen LogP contribution in [-0.2, 0) is 16.2 Å². The van der Waals surface area contributed by atoms with Crippen LogP contribution in [0.2, 0.25) is 0 Å². The molecule has 1 unspecified atom stereocenters. The molecule has 0 aliphatic rings. The van der Waals surface area contributed by atoms with Gasteiger partial charge in [0.1, 0.15) is 24.2 Å². The fourth-order valence-electron chi connectivity index (χ4n) is 3.32. The molecule has 0 aliphatic heterocycles. The molecule has 0 radical (unpaired) electrons. The molecule has 4 N–H and O–H groups in total. The topological polar surface area (TPSA) is 128 Å². The van der Waals surface area contributed by atoms with Crippen molar-refractivity contribution in [3.63, 3.8) is 0 Å². The zero-order valence-electron chi connectivity index (χ0n) is 18.7. The molecule has 0 fully saturated rings. The van der Waals surface area contributed by atoms with E-state index in [1.807, 2.05) is 48.0 Å².